The summed E-state index contributed by atoms with van der Waals surface area (Å²) >= 11 is 11.8. The molecule has 3 nitrogen and oxygen atoms in total. The van der Waals surface area contributed by atoms with Crippen LogP contribution in [-0.2, 0) is 0 Å². The van der Waals surface area contributed by atoms with Gasteiger partial charge in [0, 0.05) is 11.6 Å². The van der Waals surface area contributed by atoms with Gasteiger partial charge in [0.1, 0.15) is 0 Å². The largest absolute Gasteiger partial charge is 0.397 e. The summed E-state index contributed by atoms with van der Waals surface area (Å²) in [6, 6.07) is 3.26. The molecule has 0 spiro atoms. The third-order valence-electron chi connectivity index (χ3n) is 2.92. The van der Waals surface area contributed by atoms with Crippen molar-refractivity contribution in [1.29, 1.82) is 0 Å². The van der Waals surface area contributed by atoms with Crippen LogP contribution in [0.3, 0.4) is 0 Å². The van der Waals surface area contributed by atoms with E-state index in [0.29, 0.717) is 16.3 Å². The molecule has 2 rings (SSSR count). The second kappa shape index (κ2) is 5.63. The Labute approximate surface area is 116 Å². The first-order valence-corrected chi connectivity index (χ1v) is 6.54. The minimum absolute atomic E-state index is 0.166. The minimum Gasteiger partial charge on any atom is -0.397 e. The Kier molecular flexibility index (Phi) is 4.15. The number of halogens is 2. The van der Waals surface area contributed by atoms with Crippen LogP contribution in [0, 0.1) is 0 Å². The van der Waals surface area contributed by atoms with Crippen molar-refractivity contribution in [2.75, 3.05) is 5.73 Å². The van der Waals surface area contributed by atoms with Crippen molar-refractivity contribution in [3.63, 3.8) is 0 Å². The van der Waals surface area contributed by atoms with Crippen LogP contribution in [0.1, 0.15) is 29.6 Å². The van der Waals surface area contributed by atoms with Crippen molar-refractivity contribution < 1.29 is 4.79 Å². The minimum atomic E-state index is -0.166. The lowest BCUT2D eigenvalue weighted by molar-refractivity contribution is 0.0935. The maximum Gasteiger partial charge on any atom is 0.251 e. The molecule has 0 bridgehead atoms. The first-order chi connectivity index (χ1) is 8.58. The van der Waals surface area contributed by atoms with Gasteiger partial charge < -0.3 is 11.1 Å². The Morgan fingerprint density at radius 3 is 2.72 bits per heavy atom. The van der Waals surface area contributed by atoms with Gasteiger partial charge in [-0.2, -0.15) is 0 Å². The van der Waals surface area contributed by atoms with Gasteiger partial charge in [-0.05, 0) is 31.4 Å². The molecule has 0 heterocycles. The number of hydrogen-bond acceptors (Lipinski definition) is 2. The molecule has 5 heteroatoms. The van der Waals surface area contributed by atoms with E-state index >= 15 is 0 Å². The number of rotatable bonds is 2. The number of nitrogens with two attached hydrogens (primary N) is 1. The van der Waals surface area contributed by atoms with E-state index in [1.165, 1.54) is 6.07 Å². The van der Waals surface area contributed by atoms with E-state index in [4.69, 9.17) is 28.9 Å². The Morgan fingerprint density at radius 1 is 1.33 bits per heavy atom. The number of benzene rings is 1. The van der Waals surface area contributed by atoms with Crippen LogP contribution in [0.25, 0.3) is 0 Å². The highest BCUT2D eigenvalue weighted by atomic mass is 35.5. The predicted octanol–water partition coefficient (Wildman–Crippen LogP) is 3.41. The fourth-order valence-electron chi connectivity index (χ4n) is 1.93. The van der Waals surface area contributed by atoms with E-state index in [2.05, 4.69) is 17.5 Å². The van der Waals surface area contributed by atoms with Crippen molar-refractivity contribution in [3.05, 3.63) is 39.9 Å². The van der Waals surface area contributed by atoms with Crippen LogP contribution in [0.15, 0.2) is 24.3 Å². The summed E-state index contributed by atoms with van der Waals surface area (Å²) in [5, 5.41) is 3.54. The Hall–Kier alpha value is -1.19. The topological polar surface area (TPSA) is 55.1 Å². The summed E-state index contributed by atoms with van der Waals surface area (Å²) in [7, 11) is 0. The number of nitrogens with one attached hydrogen (secondary N) is 1. The van der Waals surface area contributed by atoms with Crippen molar-refractivity contribution >= 4 is 34.8 Å². The van der Waals surface area contributed by atoms with Crippen molar-refractivity contribution in [3.8, 4) is 0 Å². The quantitative estimate of drug-likeness (QED) is 0.646. The van der Waals surface area contributed by atoms with E-state index in [1.54, 1.807) is 6.07 Å². The summed E-state index contributed by atoms with van der Waals surface area (Å²) < 4.78 is 0. The summed E-state index contributed by atoms with van der Waals surface area (Å²) in [4.78, 5) is 12.0. The summed E-state index contributed by atoms with van der Waals surface area (Å²) in [5.74, 6) is -0.166. The number of nitrogen functional groups attached to an aromatic ring is 1. The van der Waals surface area contributed by atoms with Crippen LogP contribution in [0.2, 0.25) is 10.0 Å². The van der Waals surface area contributed by atoms with Crippen molar-refractivity contribution in [1.82, 2.24) is 5.32 Å². The van der Waals surface area contributed by atoms with Crippen molar-refractivity contribution in [2.24, 2.45) is 0 Å². The molecule has 1 aliphatic carbocycles. The molecule has 3 N–H and O–H groups in total. The standard InChI is InChI=1S/C13H14Cl2N2O/c14-10-6-8(7-11(16)12(10)15)13(18)17-9-4-2-1-3-5-9/h1-2,6-7,9H,3-5,16H2,(H,17,18). The lowest BCUT2D eigenvalue weighted by Crippen LogP contribution is -2.35. The number of anilines is 1. The summed E-state index contributed by atoms with van der Waals surface area (Å²) in [5.41, 5.74) is 6.44. The molecule has 0 saturated carbocycles. The van der Waals surface area contributed by atoms with E-state index in [1.807, 2.05) is 0 Å². The Morgan fingerprint density at radius 2 is 2.11 bits per heavy atom. The van der Waals surface area contributed by atoms with Gasteiger partial charge in [0.2, 0.25) is 0 Å². The number of allylic oxidation sites excluding steroid dienone is 1. The molecule has 1 aliphatic rings. The van der Waals surface area contributed by atoms with Crippen LogP contribution >= 0.6 is 23.2 Å². The maximum atomic E-state index is 12.0. The molecule has 1 aromatic rings. The van der Waals surface area contributed by atoms with Crippen LogP contribution in [-0.4, -0.2) is 11.9 Å². The van der Waals surface area contributed by atoms with Gasteiger partial charge in [0.05, 0.1) is 15.7 Å². The van der Waals surface area contributed by atoms with Crippen LogP contribution < -0.4 is 11.1 Å². The van der Waals surface area contributed by atoms with E-state index < -0.39 is 0 Å². The van der Waals surface area contributed by atoms with Crippen LogP contribution in [0.4, 0.5) is 5.69 Å². The normalized spacial score (nSPS) is 18.7. The average Bonchev–Trinajstić information content (AvgIpc) is 2.36. The molecule has 1 unspecified atom stereocenters. The summed E-state index contributed by atoms with van der Waals surface area (Å²) in [6.07, 6.45) is 7.02. The molecule has 18 heavy (non-hydrogen) atoms. The lowest BCUT2D eigenvalue weighted by atomic mass is 10.0. The molecule has 96 valence electrons. The van der Waals surface area contributed by atoms with Gasteiger partial charge in [-0.1, -0.05) is 35.4 Å². The molecule has 1 aromatic carbocycles. The molecule has 1 atom stereocenters. The smallest absolute Gasteiger partial charge is 0.251 e. The molecule has 0 aromatic heterocycles. The molecule has 0 radical (unpaired) electrons. The molecular weight excluding hydrogens is 271 g/mol. The zero-order valence-corrected chi connectivity index (χ0v) is 11.3. The highest BCUT2D eigenvalue weighted by Gasteiger charge is 2.16. The Balaban J connectivity index is 2.11. The zero-order chi connectivity index (χ0) is 13.1. The monoisotopic (exact) mass is 284 g/mol. The molecule has 0 fully saturated rings. The third-order valence-corrected chi connectivity index (χ3v) is 3.74. The van der Waals surface area contributed by atoms with Gasteiger partial charge >= 0.3 is 0 Å². The van der Waals surface area contributed by atoms with Crippen LogP contribution in [0.5, 0.6) is 0 Å². The average molecular weight is 285 g/mol. The number of carbonyl (C=O) groups excluding carboxylic acids is 1. The summed E-state index contributed by atoms with van der Waals surface area (Å²) in [6.45, 7) is 0. The van der Waals surface area contributed by atoms with Gasteiger partial charge in [0.15, 0.2) is 0 Å². The fraction of sp³-hybridized carbons (Fsp3) is 0.308. The first kappa shape index (κ1) is 13.2. The number of hydrogen-bond donors (Lipinski definition) is 2. The van der Waals surface area contributed by atoms with E-state index in [-0.39, 0.29) is 17.0 Å². The highest BCUT2D eigenvalue weighted by Crippen LogP contribution is 2.29. The predicted molar refractivity (Wildman–Crippen MR) is 75.1 cm³/mol. The first-order valence-electron chi connectivity index (χ1n) is 5.78. The molecule has 0 saturated heterocycles. The molecule has 1 amide bonds. The number of carbonyl (C=O) groups is 1. The highest BCUT2D eigenvalue weighted by molar-refractivity contribution is 6.43. The van der Waals surface area contributed by atoms with Gasteiger partial charge in [-0.25, -0.2) is 0 Å². The van der Waals surface area contributed by atoms with Gasteiger partial charge in [-0.15, -0.1) is 0 Å². The second-order valence-corrected chi connectivity index (χ2v) is 5.10. The second-order valence-electron chi connectivity index (χ2n) is 4.32. The zero-order valence-electron chi connectivity index (χ0n) is 9.75. The maximum absolute atomic E-state index is 12.0. The van der Waals surface area contributed by atoms with Gasteiger partial charge in [0.25, 0.3) is 5.91 Å². The SMILES string of the molecule is Nc1cc(C(=O)NC2CC=CCC2)cc(Cl)c1Cl. The lowest BCUT2D eigenvalue weighted by Gasteiger charge is -2.19. The van der Waals surface area contributed by atoms with Gasteiger partial charge in [-0.3, -0.25) is 4.79 Å². The Bertz CT molecular complexity index is 477. The van der Waals surface area contributed by atoms with E-state index in [9.17, 15) is 4.79 Å². The third kappa shape index (κ3) is 2.98. The fourth-order valence-corrected chi connectivity index (χ4v) is 2.27. The van der Waals surface area contributed by atoms with E-state index in [0.717, 1.165) is 19.3 Å². The number of amides is 1. The molecular formula is C13H14Cl2N2O. The molecule has 0 aliphatic heterocycles. The van der Waals surface area contributed by atoms with Crippen molar-refractivity contribution in [2.45, 2.75) is 25.3 Å².